The highest BCUT2D eigenvalue weighted by atomic mass is 16.1. The summed E-state index contributed by atoms with van der Waals surface area (Å²) in [4.78, 5) is 10.9. The van der Waals surface area contributed by atoms with Crippen LogP contribution in [0.3, 0.4) is 0 Å². The van der Waals surface area contributed by atoms with Gasteiger partial charge in [0.05, 0.1) is 0 Å². The summed E-state index contributed by atoms with van der Waals surface area (Å²) in [7, 11) is 0. The molecule has 102 valence electrons. The van der Waals surface area contributed by atoms with Gasteiger partial charge in [0, 0.05) is 6.42 Å². The second-order valence-electron chi connectivity index (χ2n) is 5.63. The highest BCUT2D eigenvalue weighted by molar-refractivity contribution is 5.75. The number of Topliss-reactive ketones (excluding diaryl/α,β-unsaturated/α-hetero) is 1. The van der Waals surface area contributed by atoms with Crippen LogP contribution in [0.4, 0.5) is 0 Å². The molecule has 0 aromatic rings. The summed E-state index contributed by atoms with van der Waals surface area (Å²) >= 11 is 0. The van der Waals surface area contributed by atoms with E-state index in [9.17, 15) is 4.79 Å². The van der Waals surface area contributed by atoms with Crippen LogP contribution in [0.25, 0.3) is 0 Å². The molecule has 0 amide bonds. The molecule has 0 aromatic carbocycles. The molecule has 0 spiro atoms. The van der Waals surface area contributed by atoms with Gasteiger partial charge in [-0.25, -0.2) is 0 Å². The summed E-state index contributed by atoms with van der Waals surface area (Å²) in [5.41, 5.74) is 0. The first-order chi connectivity index (χ1) is 8.16. The zero-order valence-electron chi connectivity index (χ0n) is 12.3. The molecule has 1 atom stereocenters. The van der Waals surface area contributed by atoms with Gasteiger partial charge in [-0.3, -0.25) is 0 Å². The van der Waals surface area contributed by atoms with E-state index in [1.54, 1.807) is 6.92 Å². The van der Waals surface area contributed by atoms with Gasteiger partial charge in [-0.1, -0.05) is 78.1 Å². The van der Waals surface area contributed by atoms with Crippen molar-refractivity contribution < 1.29 is 4.79 Å². The molecule has 0 fully saturated rings. The molecule has 0 heterocycles. The maximum Gasteiger partial charge on any atom is 0.130 e. The molecular weight excluding hydrogens is 208 g/mol. The van der Waals surface area contributed by atoms with Crippen molar-refractivity contribution in [3.05, 3.63) is 0 Å². The maximum absolute atomic E-state index is 10.9. The van der Waals surface area contributed by atoms with Gasteiger partial charge in [0.2, 0.25) is 0 Å². The summed E-state index contributed by atoms with van der Waals surface area (Å²) in [5.74, 6) is 0.936. The fourth-order valence-corrected chi connectivity index (χ4v) is 2.40. The Morgan fingerprint density at radius 2 is 1.35 bits per heavy atom. The Labute approximate surface area is 108 Å². The van der Waals surface area contributed by atoms with Crippen LogP contribution in [-0.4, -0.2) is 5.78 Å². The predicted molar refractivity (Wildman–Crippen MR) is 76.3 cm³/mol. The first-order valence-electron chi connectivity index (χ1n) is 7.66. The second kappa shape index (κ2) is 12.1. The Kier molecular flexibility index (Phi) is 11.9. The minimum absolute atomic E-state index is 0.341. The molecule has 0 aromatic heterocycles. The summed E-state index contributed by atoms with van der Waals surface area (Å²) in [6.07, 6.45) is 14.5. The average Bonchev–Trinajstić information content (AvgIpc) is 2.26. The Balaban J connectivity index is 3.10. The van der Waals surface area contributed by atoms with Crippen LogP contribution in [0.2, 0.25) is 0 Å². The van der Waals surface area contributed by atoms with Crippen molar-refractivity contribution >= 4 is 5.78 Å². The largest absolute Gasteiger partial charge is 0.300 e. The van der Waals surface area contributed by atoms with E-state index in [4.69, 9.17) is 0 Å². The molecule has 1 nitrogen and oxygen atoms in total. The molecule has 0 radical (unpaired) electrons. The van der Waals surface area contributed by atoms with Crippen molar-refractivity contribution in [2.24, 2.45) is 5.92 Å². The SMILES string of the molecule is CCCCCCCCCCCC(C)CC(C)=O. The van der Waals surface area contributed by atoms with Crippen molar-refractivity contribution in [2.45, 2.75) is 91.4 Å². The standard InChI is InChI=1S/C16H32O/c1-4-5-6-7-8-9-10-11-12-13-15(2)14-16(3)17/h15H,4-14H2,1-3H3. The lowest BCUT2D eigenvalue weighted by molar-refractivity contribution is -0.117. The highest BCUT2D eigenvalue weighted by Crippen LogP contribution is 2.15. The number of hydrogen-bond donors (Lipinski definition) is 0. The van der Waals surface area contributed by atoms with E-state index in [2.05, 4.69) is 13.8 Å². The van der Waals surface area contributed by atoms with Crippen molar-refractivity contribution in [2.75, 3.05) is 0 Å². The first-order valence-corrected chi connectivity index (χ1v) is 7.66. The van der Waals surface area contributed by atoms with Crippen LogP contribution in [0.5, 0.6) is 0 Å². The second-order valence-corrected chi connectivity index (χ2v) is 5.63. The Morgan fingerprint density at radius 1 is 0.882 bits per heavy atom. The van der Waals surface area contributed by atoms with E-state index in [1.165, 1.54) is 64.2 Å². The number of rotatable bonds is 12. The monoisotopic (exact) mass is 240 g/mol. The maximum atomic E-state index is 10.9. The van der Waals surface area contributed by atoms with Crippen LogP contribution >= 0.6 is 0 Å². The zero-order chi connectivity index (χ0) is 12.9. The molecule has 0 N–H and O–H groups in total. The molecule has 0 aliphatic rings. The van der Waals surface area contributed by atoms with Crippen molar-refractivity contribution in [1.29, 1.82) is 0 Å². The van der Waals surface area contributed by atoms with Crippen molar-refractivity contribution in [1.82, 2.24) is 0 Å². The fourth-order valence-electron chi connectivity index (χ4n) is 2.40. The lowest BCUT2D eigenvalue weighted by Crippen LogP contribution is -2.01. The van der Waals surface area contributed by atoms with Gasteiger partial charge in [0.1, 0.15) is 5.78 Å². The summed E-state index contributed by atoms with van der Waals surface area (Å²) < 4.78 is 0. The fraction of sp³-hybridized carbons (Fsp3) is 0.938. The van der Waals surface area contributed by atoms with Crippen molar-refractivity contribution in [3.8, 4) is 0 Å². The quantitative estimate of drug-likeness (QED) is 0.410. The number of ketones is 1. The Morgan fingerprint density at radius 3 is 1.82 bits per heavy atom. The zero-order valence-corrected chi connectivity index (χ0v) is 12.3. The van der Waals surface area contributed by atoms with Gasteiger partial charge in [-0.15, -0.1) is 0 Å². The van der Waals surface area contributed by atoms with Gasteiger partial charge < -0.3 is 4.79 Å². The molecule has 0 aliphatic heterocycles. The Bertz CT molecular complexity index is 174. The number of hydrogen-bond acceptors (Lipinski definition) is 1. The minimum Gasteiger partial charge on any atom is -0.300 e. The Hall–Kier alpha value is -0.330. The van der Waals surface area contributed by atoms with Gasteiger partial charge in [0.25, 0.3) is 0 Å². The molecule has 0 rings (SSSR count). The van der Waals surface area contributed by atoms with Gasteiger partial charge in [-0.05, 0) is 12.8 Å². The van der Waals surface area contributed by atoms with Crippen LogP contribution < -0.4 is 0 Å². The topological polar surface area (TPSA) is 17.1 Å². The molecule has 0 aliphatic carbocycles. The third-order valence-corrected chi connectivity index (χ3v) is 3.44. The lowest BCUT2D eigenvalue weighted by Gasteiger charge is -2.08. The van der Waals surface area contributed by atoms with E-state index in [0.717, 1.165) is 6.42 Å². The van der Waals surface area contributed by atoms with E-state index in [1.807, 2.05) is 0 Å². The van der Waals surface area contributed by atoms with E-state index in [-0.39, 0.29) is 0 Å². The van der Waals surface area contributed by atoms with Crippen molar-refractivity contribution in [3.63, 3.8) is 0 Å². The van der Waals surface area contributed by atoms with Gasteiger partial charge in [-0.2, -0.15) is 0 Å². The van der Waals surface area contributed by atoms with Crippen LogP contribution in [0.15, 0.2) is 0 Å². The normalized spacial score (nSPS) is 12.6. The molecule has 1 unspecified atom stereocenters. The van der Waals surface area contributed by atoms with E-state index < -0.39 is 0 Å². The molecule has 0 saturated carbocycles. The van der Waals surface area contributed by atoms with E-state index in [0.29, 0.717) is 11.7 Å². The first kappa shape index (κ1) is 16.7. The summed E-state index contributed by atoms with van der Waals surface area (Å²) in [5, 5.41) is 0. The number of carbonyl (C=O) groups excluding carboxylic acids is 1. The summed E-state index contributed by atoms with van der Waals surface area (Å²) in [6.45, 7) is 6.17. The third kappa shape index (κ3) is 13.6. The molecule has 0 saturated heterocycles. The smallest absolute Gasteiger partial charge is 0.130 e. The molecule has 1 heteroatoms. The minimum atomic E-state index is 0.341. The number of unbranched alkanes of at least 4 members (excludes halogenated alkanes) is 8. The van der Waals surface area contributed by atoms with Crippen LogP contribution in [0, 0.1) is 5.92 Å². The lowest BCUT2D eigenvalue weighted by atomic mass is 9.97. The van der Waals surface area contributed by atoms with E-state index >= 15 is 0 Å². The van der Waals surface area contributed by atoms with Gasteiger partial charge in [0.15, 0.2) is 0 Å². The van der Waals surface area contributed by atoms with Gasteiger partial charge >= 0.3 is 0 Å². The molecular formula is C16H32O. The van der Waals surface area contributed by atoms with Crippen LogP contribution in [0.1, 0.15) is 91.4 Å². The predicted octanol–water partition coefficient (Wildman–Crippen LogP) is 5.52. The molecule has 0 bridgehead atoms. The summed E-state index contributed by atoms with van der Waals surface area (Å²) in [6, 6.07) is 0. The highest BCUT2D eigenvalue weighted by Gasteiger charge is 2.04. The third-order valence-electron chi connectivity index (χ3n) is 3.44. The molecule has 17 heavy (non-hydrogen) atoms. The number of carbonyl (C=O) groups is 1. The van der Waals surface area contributed by atoms with Crippen LogP contribution in [-0.2, 0) is 4.79 Å². The average molecular weight is 240 g/mol.